The SMILES string of the molecule is CCCCOc1ccc(NC(=O)C2(c3ccc(C)cc3)CCCCC2)c(C)n1. The van der Waals surface area contributed by atoms with Crippen LogP contribution < -0.4 is 10.1 Å². The summed E-state index contributed by atoms with van der Waals surface area (Å²) in [5.41, 5.74) is 3.45. The fraction of sp³-hybridized carbons (Fsp3) is 0.500. The summed E-state index contributed by atoms with van der Waals surface area (Å²) in [6, 6.07) is 12.2. The summed E-state index contributed by atoms with van der Waals surface area (Å²) in [4.78, 5) is 18.0. The molecule has 0 aliphatic heterocycles. The Labute approximate surface area is 168 Å². The number of carbonyl (C=O) groups is 1. The number of unbranched alkanes of at least 4 members (excludes halogenated alkanes) is 1. The first kappa shape index (κ1) is 20.4. The fourth-order valence-electron chi connectivity index (χ4n) is 3.99. The Bertz CT molecular complexity index is 793. The van der Waals surface area contributed by atoms with Crippen LogP contribution in [0.1, 0.15) is 68.7 Å². The van der Waals surface area contributed by atoms with Gasteiger partial charge >= 0.3 is 0 Å². The summed E-state index contributed by atoms with van der Waals surface area (Å²) in [5, 5.41) is 3.17. The average molecular weight is 381 g/mol. The smallest absolute Gasteiger partial charge is 0.235 e. The number of nitrogens with one attached hydrogen (secondary N) is 1. The molecule has 0 radical (unpaired) electrons. The van der Waals surface area contributed by atoms with Crippen LogP contribution in [-0.4, -0.2) is 17.5 Å². The molecule has 28 heavy (non-hydrogen) atoms. The number of aromatic nitrogens is 1. The van der Waals surface area contributed by atoms with E-state index in [0.29, 0.717) is 12.5 Å². The summed E-state index contributed by atoms with van der Waals surface area (Å²) < 4.78 is 5.68. The van der Waals surface area contributed by atoms with E-state index in [4.69, 9.17) is 4.74 Å². The van der Waals surface area contributed by atoms with E-state index >= 15 is 0 Å². The van der Waals surface area contributed by atoms with Gasteiger partial charge in [-0.25, -0.2) is 4.98 Å². The Balaban J connectivity index is 1.79. The fourth-order valence-corrected chi connectivity index (χ4v) is 3.99. The van der Waals surface area contributed by atoms with E-state index in [9.17, 15) is 4.79 Å². The van der Waals surface area contributed by atoms with E-state index in [2.05, 4.69) is 48.4 Å². The van der Waals surface area contributed by atoms with Gasteiger partial charge in [-0.15, -0.1) is 0 Å². The number of hydrogen-bond acceptors (Lipinski definition) is 3. The second kappa shape index (κ2) is 9.22. The molecule has 1 aliphatic rings. The van der Waals surface area contributed by atoms with Crippen molar-refractivity contribution in [2.45, 2.75) is 71.1 Å². The maximum absolute atomic E-state index is 13.5. The number of rotatable bonds is 7. The number of benzene rings is 1. The summed E-state index contributed by atoms with van der Waals surface area (Å²) in [5.74, 6) is 0.704. The second-order valence-corrected chi connectivity index (χ2v) is 7.95. The van der Waals surface area contributed by atoms with Crippen LogP contribution in [-0.2, 0) is 10.2 Å². The summed E-state index contributed by atoms with van der Waals surface area (Å²) in [6.07, 6.45) is 7.27. The van der Waals surface area contributed by atoms with Crippen molar-refractivity contribution in [3.63, 3.8) is 0 Å². The van der Waals surface area contributed by atoms with Gasteiger partial charge in [0.15, 0.2) is 0 Å². The van der Waals surface area contributed by atoms with Gasteiger partial charge in [0.2, 0.25) is 11.8 Å². The zero-order chi connectivity index (χ0) is 20.0. The van der Waals surface area contributed by atoms with Crippen molar-refractivity contribution in [3.05, 3.63) is 53.2 Å². The molecule has 150 valence electrons. The van der Waals surface area contributed by atoms with E-state index in [1.165, 1.54) is 12.0 Å². The predicted molar refractivity (Wildman–Crippen MR) is 114 cm³/mol. The van der Waals surface area contributed by atoms with Crippen LogP contribution in [0.3, 0.4) is 0 Å². The molecule has 1 aromatic carbocycles. The molecular weight excluding hydrogens is 348 g/mol. The monoisotopic (exact) mass is 380 g/mol. The minimum atomic E-state index is -0.450. The van der Waals surface area contributed by atoms with E-state index in [-0.39, 0.29) is 5.91 Å². The summed E-state index contributed by atoms with van der Waals surface area (Å²) in [7, 11) is 0. The Hall–Kier alpha value is -2.36. The number of amides is 1. The minimum Gasteiger partial charge on any atom is -0.478 e. The van der Waals surface area contributed by atoms with Gasteiger partial charge < -0.3 is 10.1 Å². The van der Waals surface area contributed by atoms with Crippen LogP contribution in [0.2, 0.25) is 0 Å². The number of anilines is 1. The van der Waals surface area contributed by atoms with E-state index in [0.717, 1.165) is 55.5 Å². The molecule has 1 aliphatic carbocycles. The van der Waals surface area contributed by atoms with Gasteiger partial charge in [0.25, 0.3) is 0 Å². The van der Waals surface area contributed by atoms with Crippen molar-refractivity contribution in [2.75, 3.05) is 11.9 Å². The molecule has 0 atom stereocenters. The van der Waals surface area contributed by atoms with Crippen molar-refractivity contribution >= 4 is 11.6 Å². The highest BCUT2D eigenvalue weighted by Gasteiger charge is 2.41. The molecule has 1 fully saturated rings. The van der Waals surface area contributed by atoms with Crippen LogP contribution in [0.15, 0.2) is 36.4 Å². The third-order valence-electron chi connectivity index (χ3n) is 5.80. The van der Waals surface area contributed by atoms with E-state index in [1.54, 1.807) is 0 Å². The van der Waals surface area contributed by atoms with Crippen LogP contribution in [0.25, 0.3) is 0 Å². The lowest BCUT2D eigenvalue weighted by Gasteiger charge is -2.36. The molecule has 4 heteroatoms. The van der Waals surface area contributed by atoms with Gasteiger partial charge in [-0.1, -0.05) is 62.4 Å². The van der Waals surface area contributed by atoms with Crippen molar-refractivity contribution in [1.29, 1.82) is 0 Å². The van der Waals surface area contributed by atoms with Gasteiger partial charge in [0.1, 0.15) is 0 Å². The largest absolute Gasteiger partial charge is 0.478 e. The summed E-state index contributed by atoms with van der Waals surface area (Å²) >= 11 is 0. The number of ether oxygens (including phenoxy) is 1. The van der Waals surface area contributed by atoms with Gasteiger partial charge in [0, 0.05) is 6.07 Å². The van der Waals surface area contributed by atoms with Crippen LogP contribution in [0.5, 0.6) is 5.88 Å². The number of nitrogens with zero attached hydrogens (tertiary/aromatic N) is 1. The summed E-state index contributed by atoms with van der Waals surface area (Å²) in [6.45, 7) is 6.80. The molecule has 1 amide bonds. The lowest BCUT2D eigenvalue weighted by molar-refractivity contribution is -0.122. The minimum absolute atomic E-state index is 0.0839. The zero-order valence-corrected chi connectivity index (χ0v) is 17.4. The van der Waals surface area contributed by atoms with Crippen LogP contribution in [0.4, 0.5) is 5.69 Å². The molecule has 0 spiro atoms. The molecule has 3 rings (SSSR count). The Morgan fingerprint density at radius 1 is 1.07 bits per heavy atom. The Morgan fingerprint density at radius 3 is 2.43 bits per heavy atom. The molecule has 2 aromatic rings. The molecule has 0 unspecified atom stereocenters. The Kier molecular flexibility index (Phi) is 6.71. The first-order valence-corrected chi connectivity index (χ1v) is 10.5. The standard InChI is InChI=1S/C24H32N2O2/c1-4-5-17-28-22-14-13-21(19(3)25-22)26-23(27)24(15-7-6-8-16-24)20-11-9-18(2)10-12-20/h9-14H,4-8,15-17H2,1-3H3,(H,26,27). The van der Waals surface area contributed by atoms with Gasteiger partial charge in [-0.3, -0.25) is 4.79 Å². The maximum atomic E-state index is 13.5. The van der Waals surface area contributed by atoms with Crippen molar-refractivity contribution in [2.24, 2.45) is 0 Å². The number of hydrogen-bond donors (Lipinski definition) is 1. The van der Waals surface area contributed by atoms with Gasteiger partial charge in [-0.05, 0) is 44.7 Å². The molecule has 1 N–H and O–H groups in total. The van der Waals surface area contributed by atoms with E-state index < -0.39 is 5.41 Å². The third-order valence-corrected chi connectivity index (χ3v) is 5.80. The molecule has 0 saturated heterocycles. The molecule has 4 nitrogen and oxygen atoms in total. The van der Waals surface area contributed by atoms with Gasteiger partial charge in [0.05, 0.1) is 23.4 Å². The molecule has 0 bridgehead atoms. The number of aryl methyl sites for hydroxylation is 2. The molecule has 1 heterocycles. The first-order valence-electron chi connectivity index (χ1n) is 10.5. The van der Waals surface area contributed by atoms with Crippen LogP contribution >= 0.6 is 0 Å². The number of pyridine rings is 1. The van der Waals surface area contributed by atoms with Crippen molar-refractivity contribution in [3.8, 4) is 5.88 Å². The quantitative estimate of drug-likeness (QED) is 0.625. The molecule has 1 aromatic heterocycles. The highest BCUT2D eigenvalue weighted by atomic mass is 16.5. The van der Waals surface area contributed by atoms with Crippen LogP contribution in [0, 0.1) is 13.8 Å². The van der Waals surface area contributed by atoms with E-state index in [1.807, 2.05) is 19.1 Å². The maximum Gasteiger partial charge on any atom is 0.235 e. The normalized spacial score (nSPS) is 15.8. The lowest BCUT2D eigenvalue weighted by atomic mass is 9.68. The van der Waals surface area contributed by atoms with Crippen molar-refractivity contribution in [1.82, 2.24) is 4.98 Å². The highest BCUT2D eigenvalue weighted by molar-refractivity contribution is 5.99. The predicted octanol–water partition coefficient (Wildman–Crippen LogP) is 5.72. The topological polar surface area (TPSA) is 51.2 Å². The lowest BCUT2D eigenvalue weighted by Crippen LogP contribution is -2.42. The van der Waals surface area contributed by atoms with Gasteiger partial charge in [-0.2, -0.15) is 0 Å². The highest BCUT2D eigenvalue weighted by Crippen LogP contribution is 2.40. The second-order valence-electron chi connectivity index (χ2n) is 7.95. The molecule has 1 saturated carbocycles. The first-order chi connectivity index (χ1) is 13.5. The number of carbonyl (C=O) groups excluding carboxylic acids is 1. The molecular formula is C24H32N2O2. The third kappa shape index (κ3) is 4.54. The zero-order valence-electron chi connectivity index (χ0n) is 17.4. The average Bonchev–Trinajstić information content (AvgIpc) is 2.71. The Morgan fingerprint density at radius 2 is 1.79 bits per heavy atom. The van der Waals surface area contributed by atoms with Crippen molar-refractivity contribution < 1.29 is 9.53 Å².